The zero-order valence-corrected chi connectivity index (χ0v) is 10.7. The molecular weight excluding hydrogens is 278 g/mol. The van der Waals surface area contributed by atoms with Gasteiger partial charge >= 0.3 is 0 Å². The van der Waals surface area contributed by atoms with Gasteiger partial charge in [0.2, 0.25) is 5.84 Å². The van der Waals surface area contributed by atoms with Crippen molar-refractivity contribution < 1.29 is 4.99 Å². The summed E-state index contributed by atoms with van der Waals surface area (Å²) in [5, 5.41) is 4.50. The average molecular weight is 285 g/mol. The lowest BCUT2D eigenvalue weighted by molar-refractivity contribution is -0.476. The molecule has 1 heterocycles. The summed E-state index contributed by atoms with van der Waals surface area (Å²) >= 11 is 24.0. The smallest absolute Gasteiger partial charge is 0.244 e. The minimum atomic E-state index is 0.282. The van der Waals surface area contributed by atoms with E-state index >= 15 is 0 Å². The molecule has 0 atom stereocenters. The number of halogens is 4. The molecule has 1 aliphatic rings. The quantitative estimate of drug-likeness (QED) is 0.556. The number of hydrogen-bond donors (Lipinski definition) is 2. The standard InChI is InChI=1S/C9H6Cl4N2/c1-3-14-2-4-5(10)6(11)7(12)8(13)9(4)15-3/h2H2,1H3,(H,14,15)/p+1. The van der Waals surface area contributed by atoms with Crippen molar-refractivity contribution >= 4 is 57.9 Å². The van der Waals surface area contributed by atoms with Crippen molar-refractivity contribution in [2.75, 3.05) is 5.32 Å². The molecule has 2 N–H and O–H groups in total. The molecule has 1 aromatic carbocycles. The maximum absolute atomic E-state index is 6.08. The molecule has 0 saturated carbocycles. The molecule has 0 radical (unpaired) electrons. The molecule has 0 fully saturated rings. The first-order chi connectivity index (χ1) is 7.02. The molecule has 2 nitrogen and oxygen atoms in total. The molecule has 1 aliphatic heterocycles. The van der Waals surface area contributed by atoms with E-state index in [0.717, 1.165) is 17.1 Å². The van der Waals surface area contributed by atoms with Gasteiger partial charge in [-0.25, -0.2) is 5.32 Å². The minimum absolute atomic E-state index is 0.282. The molecule has 0 aromatic heterocycles. The Balaban J connectivity index is 2.70. The monoisotopic (exact) mass is 283 g/mol. The summed E-state index contributed by atoms with van der Waals surface area (Å²) in [5.41, 5.74) is 1.56. The van der Waals surface area contributed by atoms with Crippen LogP contribution in [0.4, 0.5) is 5.69 Å². The topological polar surface area (TPSA) is 26.0 Å². The normalized spacial score (nSPS) is 14.3. The Morgan fingerprint density at radius 1 is 1.00 bits per heavy atom. The summed E-state index contributed by atoms with van der Waals surface area (Å²) in [6.07, 6.45) is 0. The minimum Gasteiger partial charge on any atom is -0.274 e. The summed E-state index contributed by atoms with van der Waals surface area (Å²) in [7, 11) is 0. The Labute approximate surface area is 107 Å². The van der Waals surface area contributed by atoms with Gasteiger partial charge in [-0.2, -0.15) is 0 Å². The van der Waals surface area contributed by atoms with E-state index in [4.69, 9.17) is 46.4 Å². The van der Waals surface area contributed by atoms with Gasteiger partial charge in [0.05, 0.1) is 20.6 Å². The highest BCUT2D eigenvalue weighted by atomic mass is 35.5. The van der Waals surface area contributed by atoms with Crippen LogP contribution in [0.15, 0.2) is 0 Å². The van der Waals surface area contributed by atoms with Gasteiger partial charge in [-0.15, -0.1) is 0 Å². The highest BCUT2D eigenvalue weighted by molar-refractivity contribution is 6.53. The molecule has 6 heteroatoms. The lowest BCUT2D eigenvalue weighted by Crippen LogP contribution is -2.74. The van der Waals surface area contributed by atoms with E-state index in [-0.39, 0.29) is 5.02 Å². The van der Waals surface area contributed by atoms with E-state index in [1.807, 2.05) is 6.92 Å². The lowest BCUT2D eigenvalue weighted by atomic mass is 10.1. The molecule has 0 amide bonds. The first-order valence-electron chi connectivity index (χ1n) is 4.21. The largest absolute Gasteiger partial charge is 0.274 e. The first kappa shape index (κ1) is 11.3. The van der Waals surface area contributed by atoms with E-state index in [1.54, 1.807) is 0 Å². The predicted octanol–water partition coefficient (Wildman–Crippen LogP) is 2.72. The molecule has 0 bridgehead atoms. The van der Waals surface area contributed by atoms with E-state index < -0.39 is 0 Å². The van der Waals surface area contributed by atoms with Gasteiger partial charge in [-0.3, -0.25) is 4.99 Å². The van der Waals surface area contributed by atoms with Crippen molar-refractivity contribution in [2.45, 2.75) is 13.5 Å². The van der Waals surface area contributed by atoms with Gasteiger partial charge in [-0.05, 0) is 0 Å². The highest BCUT2D eigenvalue weighted by Crippen LogP contribution is 2.44. The molecular formula is C9H7Cl4N2+. The second-order valence-corrected chi connectivity index (χ2v) is 4.72. The van der Waals surface area contributed by atoms with Gasteiger partial charge in [0.15, 0.2) is 5.69 Å². The van der Waals surface area contributed by atoms with Crippen LogP contribution in [-0.2, 0) is 6.54 Å². The van der Waals surface area contributed by atoms with Crippen molar-refractivity contribution in [2.24, 2.45) is 0 Å². The number of nitrogens with one attached hydrogen (secondary N) is 2. The van der Waals surface area contributed by atoms with Crippen LogP contribution in [0.2, 0.25) is 20.1 Å². The molecule has 0 aliphatic carbocycles. The summed E-state index contributed by atoms with van der Waals surface area (Å²) in [4.78, 5) is 3.11. The van der Waals surface area contributed by atoms with Crippen LogP contribution in [-0.4, -0.2) is 5.84 Å². The van der Waals surface area contributed by atoms with Crippen LogP contribution in [0, 0.1) is 0 Å². The molecule has 2 rings (SSSR count). The Kier molecular flexibility index (Phi) is 3.04. The van der Waals surface area contributed by atoms with Crippen molar-refractivity contribution in [3.05, 3.63) is 25.7 Å². The maximum atomic E-state index is 6.08. The number of hydrogen-bond acceptors (Lipinski definition) is 1. The third kappa shape index (κ3) is 1.80. The van der Waals surface area contributed by atoms with Crippen LogP contribution in [0.3, 0.4) is 0 Å². The van der Waals surface area contributed by atoms with E-state index in [9.17, 15) is 0 Å². The zero-order valence-electron chi connectivity index (χ0n) is 7.72. The van der Waals surface area contributed by atoms with Gasteiger partial charge in [-0.1, -0.05) is 46.4 Å². The molecule has 0 saturated heterocycles. The fourth-order valence-electron chi connectivity index (χ4n) is 1.43. The van der Waals surface area contributed by atoms with Crippen LogP contribution < -0.4 is 10.3 Å². The summed E-state index contributed by atoms with van der Waals surface area (Å²) in [6, 6.07) is 0. The Morgan fingerprint density at radius 3 is 2.27 bits per heavy atom. The molecule has 15 heavy (non-hydrogen) atoms. The average Bonchev–Trinajstić information content (AvgIpc) is 2.23. The molecule has 0 spiro atoms. The van der Waals surface area contributed by atoms with Gasteiger partial charge < -0.3 is 0 Å². The SMILES string of the molecule is CC1=[NH+]Cc2c(Cl)c(Cl)c(Cl)c(Cl)c2N1. The molecule has 0 unspecified atom stereocenters. The van der Waals surface area contributed by atoms with E-state index in [0.29, 0.717) is 21.6 Å². The summed E-state index contributed by atoms with van der Waals surface area (Å²) in [5.74, 6) is 0.902. The van der Waals surface area contributed by atoms with Crippen LogP contribution >= 0.6 is 46.4 Å². The Morgan fingerprint density at radius 2 is 1.60 bits per heavy atom. The second kappa shape index (κ2) is 4.02. The van der Waals surface area contributed by atoms with Crippen molar-refractivity contribution in [3.63, 3.8) is 0 Å². The van der Waals surface area contributed by atoms with Gasteiger partial charge in [0.25, 0.3) is 0 Å². The first-order valence-corrected chi connectivity index (χ1v) is 5.72. The van der Waals surface area contributed by atoms with E-state index in [2.05, 4.69) is 10.3 Å². The fourth-order valence-corrected chi connectivity index (χ4v) is 2.43. The third-order valence-corrected chi connectivity index (χ3v) is 4.05. The van der Waals surface area contributed by atoms with Crippen LogP contribution in [0.1, 0.15) is 12.5 Å². The van der Waals surface area contributed by atoms with Crippen LogP contribution in [0.5, 0.6) is 0 Å². The maximum Gasteiger partial charge on any atom is 0.244 e. The highest BCUT2D eigenvalue weighted by Gasteiger charge is 2.26. The van der Waals surface area contributed by atoms with Crippen molar-refractivity contribution in [1.29, 1.82) is 0 Å². The van der Waals surface area contributed by atoms with E-state index in [1.165, 1.54) is 0 Å². The second-order valence-electron chi connectivity index (χ2n) is 3.21. The van der Waals surface area contributed by atoms with Gasteiger partial charge in [0, 0.05) is 6.92 Å². The lowest BCUT2D eigenvalue weighted by Gasteiger charge is -2.15. The Bertz CT molecular complexity index is 468. The molecule has 80 valence electrons. The number of rotatable bonds is 0. The number of benzene rings is 1. The van der Waals surface area contributed by atoms with Gasteiger partial charge in [0.1, 0.15) is 11.6 Å². The fraction of sp³-hybridized carbons (Fsp3) is 0.222. The summed E-state index contributed by atoms with van der Waals surface area (Å²) in [6.45, 7) is 2.49. The zero-order chi connectivity index (χ0) is 11.2. The number of amidine groups is 1. The number of fused-ring (bicyclic) bond motifs is 1. The summed E-state index contributed by atoms with van der Waals surface area (Å²) < 4.78 is 0. The molecule has 1 aromatic rings. The van der Waals surface area contributed by atoms with Crippen molar-refractivity contribution in [1.82, 2.24) is 0 Å². The third-order valence-electron chi connectivity index (χ3n) is 2.21. The predicted molar refractivity (Wildman–Crippen MR) is 65.5 cm³/mol. The Hall–Kier alpha value is -0.150. The van der Waals surface area contributed by atoms with Crippen molar-refractivity contribution in [3.8, 4) is 0 Å². The van der Waals surface area contributed by atoms with Crippen LogP contribution in [0.25, 0.3) is 0 Å². The number of anilines is 1.